The lowest BCUT2D eigenvalue weighted by Gasteiger charge is -2.11. The molecule has 0 saturated carbocycles. The predicted octanol–water partition coefficient (Wildman–Crippen LogP) is 7.90. The molecule has 0 radical (unpaired) electrons. The molecule has 2 aromatic heterocycles. The third-order valence-corrected chi connectivity index (χ3v) is 8.31. The predicted molar refractivity (Wildman–Crippen MR) is 145 cm³/mol. The Balaban J connectivity index is 1.79. The number of benzene rings is 3. The van der Waals surface area contributed by atoms with Gasteiger partial charge < -0.3 is 10.1 Å². The highest BCUT2D eigenvalue weighted by Crippen LogP contribution is 2.39. The molecule has 0 amide bonds. The number of pyridine rings is 1. The second-order valence-corrected chi connectivity index (χ2v) is 11.7. The summed E-state index contributed by atoms with van der Waals surface area (Å²) >= 11 is 0. The topological polar surface area (TPSA) is 94.6 Å². The summed E-state index contributed by atoms with van der Waals surface area (Å²) in [6.45, 7) is 1.74. The number of nitro groups is 1. The Labute approximate surface area is 240 Å². The number of aromatic nitrogens is 2. The van der Waals surface area contributed by atoms with Crippen LogP contribution in [0.15, 0.2) is 90.0 Å². The first-order valence-electron chi connectivity index (χ1n) is 12.4. The van der Waals surface area contributed by atoms with Gasteiger partial charge in [-0.25, -0.2) is 13.4 Å². The number of alkyl halides is 6. The summed E-state index contributed by atoms with van der Waals surface area (Å²) in [5.74, 6) is -1.72. The van der Waals surface area contributed by atoms with E-state index in [1.807, 2.05) is 0 Å². The molecular weight excluding hydrogens is 600 g/mol. The van der Waals surface area contributed by atoms with Crippen LogP contribution in [0.25, 0.3) is 27.9 Å². The van der Waals surface area contributed by atoms with E-state index in [2.05, 4.69) is 4.98 Å². The molecule has 5 aromatic rings. The van der Waals surface area contributed by atoms with Crippen molar-refractivity contribution in [3.63, 3.8) is 0 Å². The van der Waals surface area contributed by atoms with Crippen LogP contribution in [-0.2, 0) is 27.9 Å². The minimum absolute atomic E-state index is 0.0144. The third kappa shape index (κ3) is 5.95. The van der Waals surface area contributed by atoms with Gasteiger partial charge in [-0.15, -0.1) is 0 Å². The molecule has 0 fully saturated rings. The molecule has 2 heterocycles. The van der Waals surface area contributed by atoms with Crippen molar-refractivity contribution in [3.8, 4) is 22.3 Å². The molecule has 0 bridgehead atoms. The van der Waals surface area contributed by atoms with Crippen molar-refractivity contribution in [2.75, 3.05) is 0 Å². The largest absolute Gasteiger partial charge is 0.416 e. The van der Waals surface area contributed by atoms with Gasteiger partial charge in [0.1, 0.15) is 11.9 Å². The van der Waals surface area contributed by atoms with E-state index in [1.165, 1.54) is 42.5 Å². The summed E-state index contributed by atoms with van der Waals surface area (Å²) in [4.78, 5) is 15.5. The number of hydrogen-bond acceptors (Lipinski definition) is 5. The SMILES string of the molecule is Cc1ccc(S(=O)(=O)Cc2nc3c(-c4cccc(C(F)(F)F)c4)cc(-c4cccc(C(F)(F)F)c4)cn3c2[N+](=O)[O-])cc1. The second-order valence-electron chi connectivity index (χ2n) is 9.70. The van der Waals surface area contributed by atoms with E-state index in [1.54, 1.807) is 6.92 Å². The van der Waals surface area contributed by atoms with E-state index in [0.29, 0.717) is 0 Å². The summed E-state index contributed by atoms with van der Waals surface area (Å²) in [6, 6.07) is 15.0. The van der Waals surface area contributed by atoms with Gasteiger partial charge >= 0.3 is 18.2 Å². The van der Waals surface area contributed by atoms with Crippen LogP contribution >= 0.6 is 0 Å². The molecular formula is C29H19F6N3O4S. The minimum atomic E-state index is -4.75. The molecule has 0 unspecified atom stereocenters. The van der Waals surface area contributed by atoms with E-state index in [4.69, 9.17) is 0 Å². The van der Waals surface area contributed by atoms with Crippen molar-refractivity contribution in [1.82, 2.24) is 9.38 Å². The van der Waals surface area contributed by atoms with Crippen LogP contribution in [0.1, 0.15) is 22.4 Å². The van der Waals surface area contributed by atoms with Crippen molar-refractivity contribution in [2.24, 2.45) is 0 Å². The Kier molecular flexibility index (Phi) is 7.28. The number of hydrogen-bond donors (Lipinski definition) is 0. The lowest BCUT2D eigenvalue weighted by Crippen LogP contribution is -2.07. The number of nitrogens with zero attached hydrogens (tertiary/aromatic N) is 3. The normalized spacial score (nSPS) is 12.5. The zero-order chi connectivity index (χ0) is 31.3. The molecule has 43 heavy (non-hydrogen) atoms. The summed E-state index contributed by atoms with van der Waals surface area (Å²) in [5, 5.41) is 12.3. The van der Waals surface area contributed by atoms with Gasteiger partial charge in [-0.2, -0.15) is 30.7 Å². The van der Waals surface area contributed by atoms with E-state index < -0.39 is 55.5 Å². The lowest BCUT2D eigenvalue weighted by molar-refractivity contribution is -0.391. The highest BCUT2D eigenvalue weighted by molar-refractivity contribution is 7.90. The molecule has 0 aliphatic rings. The Hall–Kier alpha value is -4.72. The second kappa shape index (κ2) is 10.5. The van der Waals surface area contributed by atoms with Crippen molar-refractivity contribution in [3.05, 3.63) is 118 Å². The number of halogens is 6. The quantitative estimate of drug-likeness (QED) is 0.109. The smallest absolute Gasteiger partial charge is 0.358 e. The van der Waals surface area contributed by atoms with Gasteiger partial charge in [0.2, 0.25) is 5.65 Å². The fourth-order valence-corrected chi connectivity index (χ4v) is 5.86. The molecule has 0 N–H and O–H groups in total. The van der Waals surface area contributed by atoms with Crippen LogP contribution in [0.4, 0.5) is 32.2 Å². The molecule has 0 atom stereocenters. The van der Waals surface area contributed by atoms with Crippen molar-refractivity contribution in [1.29, 1.82) is 0 Å². The van der Waals surface area contributed by atoms with Gasteiger partial charge in [0, 0.05) is 11.1 Å². The number of fused-ring (bicyclic) bond motifs is 1. The fourth-order valence-electron chi connectivity index (χ4n) is 4.59. The van der Waals surface area contributed by atoms with Gasteiger partial charge in [0.05, 0.1) is 16.0 Å². The standard InChI is InChI=1S/C29H19F6N3O4S/c1-17-8-10-23(11-9-17)43(41,42)16-25-27(38(39)40)37-15-20(18-4-2-6-21(12-18)28(30,31)32)14-24(26(37)36-25)19-5-3-7-22(13-19)29(33,34)35/h2-15H,16H2,1H3. The van der Waals surface area contributed by atoms with Crippen LogP contribution in [0.5, 0.6) is 0 Å². The maximum atomic E-state index is 13.6. The number of aryl methyl sites for hydroxylation is 1. The molecule has 0 saturated heterocycles. The zero-order valence-electron chi connectivity index (χ0n) is 21.9. The molecule has 222 valence electrons. The maximum absolute atomic E-state index is 13.6. The van der Waals surface area contributed by atoms with Crippen molar-refractivity contribution < 1.29 is 39.7 Å². The van der Waals surface area contributed by atoms with E-state index in [-0.39, 0.29) is 32.8 Å². The molecule has 0 spiro atoms. The van der Waals surface area contributed by atoms with Crippen LogP contribution in [0.3, 0.4) is 0 Å². The molecule has 0 aliphatic carbocycles. The fraction of sp³-hybridized carbons (Fsp3) is 0.138. The molecule has 5 rings (SSSR count). The number of imidazole rings is 1. The lowest BCUT2D eigenvalue weighted by atomic mass is 9.98. The average molecular weight is 620 g/mol. The van der Waals surface area contributed by atoms with Gasteiger partial charge in [-0.05, 0) is 65.4 Å². The van der Waals surface area contributed by atoms with Gasteiger partial charge in [-0.3, -0.25) is 0 Å². The van der Waals surface area contributed by atoms with E-state index >= 15 is 0 Å². The maximum Gasteiger partial charge on any atom is 0.416 e. The van der Waals surface area contributed by atoms with Crippen molar-refractivity contribution in [2.45, 2.75) is 29.9 Å². The average Bonchev–Trinajstić information content (AvgIpc) is 3.29. The Morgan fingerprint density at radius 1 is 0.814 bits per heavy atom. The zero-order valence-corrected chi connectivity index (χ0v) is 22.8. The number of sulfone groups is 1. The molecule has 14 heteroatoms. The van der Waals surface area contributed by atoms with Gasteiger partial charge in [-0.1, -0.05) is 42.0 Å². The summed E-state index contributed by atoms with van der Waals surface area (Å²) in [7, 11) is -4.18. The van der Waals surface area contributed by atoms with Crippen LogP contribution in [-0.4, -0.2) is 22.7 Å². The Morgan fingerprint density at radius 3 is 1.93 bits per heavy atom. The molecule has 0 aliphatic heterocycles. The first-order valence-corrected chi connectivity index (χ1v) is 14.0. The van der Waals surface area contributed by atoms with E-state index in [9.17, 15) is 44.9 Å². The minimum Gasteiger partial charge on any atom is -0.358 e. The van der Waals surface area contributed by atoms with Crippen LogP contribution < -0.4 is 0 Å². The Morgan fingerprint density at radius 2 is 1.37 bits per heavy atom. The number of rotatable bonds is 6. The van der Waals surface area contributed by atoms with E-state index in [0.717, 1.165) is 52.6 Å². The van der Waals surface area contributed by atoms with Gasteiger partial charge in [0.25, 0.3) is 0 Å². The first-order chi connectivity index (χ1) is 20.0. The monoisotopic (exact) mass is 619 g/mol. The first kappa shape index (κ1) is 29.8. The van der Waals surface area contributed by atoms with Crippen molar-refractivity contribution >= 4 is 21.3 Å². The van der Waals surface area contributed by atoms with Crippen LogP contribution in [0.2, 0.25) is 0 Å². The van der Waals surface area contributed by atoms with Crippen LogP contribution in [0, 0.1) is 17.0 Å². The molecule has 3 aromatic carbocycles. The Bertz CT molecular complexity index is 1980. The summed E-state index contributed by atoms with van der Waals surface area (Å²) in [6.07, 6.45) is -8.36. The highest BCUT2D eigenvalue weighted by Gasteiger charge is 2.34. The molecule has 7 nitrogen and oxygen atoms in total. The summed E-state index contributed by atoms with van der Waals surface area (Å²) < 4.78 is 108. The summed E-state index contributed by atoms with van der Waals surface area (Å²) in [5.41, 5.74) is -2.29. The van der Waals surface area contributed by atoms with Gasteiger partial charge in [0.15, 0.2) is 15.5 Å². The highest BCUT2D eigenvalue weighted by atomic mass is 32.2. The third-order valence-electron chi connectivity index (χ3n) is 6.67.